The number of aryl methyl sites for hydroxylation is 1. The lowest BCUT2D eigenvalue weighted by Crippen LogP contribution is -2.27. The normalized spacial score (nSPS) is 10.5. The van der Waals surface area contributed by atoms with Gasteiger partial charge in [0.15, 0.2) is 12.4 Å². The maximum Gasteiger partial charge on any atom is 0.362 e. The molecular weight excluding hydrogens is 417 g/mol. The number of rotatable bonds is 8. The van der Waals surface area contributed by atoms with Crippen molar-refractivity contribution < 1.29 is 23.5 Å². The molecule has 0 saturated carbocycles. The number of aromatic nitrogens is 2. The first kappa shape index (κ1) is 22.7. The Hall–Kier alpha value is -4.01. The number of halogens is 1. The van der Waals surface area contributed by atoms with E-state index in [1.54, 1.807) is 19.1 Å². The molecule has 0 fully saturated rings. The Morgan fingerprint density at radius 3 is 2.38 bits per heavy atom. The molecule has 2 aromatic carbocycles. The largest absolute Gasteiger partial charge is 0.481 e. The van der Waals surface area contributed by atoms with Crippen LogP contribution in [-0.4, -0.2) is 34.9 Å². The molecule has 8 nitrogen and oxygen atoms in total. The number of carbonyl (C=O) groups is 2. The molecule has 1 heterocycles. The Bertz CT molecular complexity index is 1160. The Balaban J connectivity index is 1.81. The maximum atomic E-state index is 13.2. The molecule has 0 aliphatic rings. The highest BCUT2D eigenvalue weighted by molar-refractivity contribution is 5.93. The van der Waals surface area contributed by atoms with Crippen molar-refractivity contribution in [3.8, 4) is 11.4 Å². The third-order valence-electron chi connectivity index (χ3n) is 4.44. The first-order valence-electron chi connectivity index (χ1n) is 10.00. The highest BCUT2D eigenvalue weighted by Crippen LogP contribution is 2.17. The van der Waals surface area contributed by atoms with Crippen LogP contribution >= 0.6 is 0 Å². The summed E-state index contributed by atoms with van der Waals surface area (Å²) in [5, 5.41) is 6.70. The molecule has 0 aliphatic carbocycles. The van der Waals surface area contributed by atoms with Gasteiger partial charge >= 0.3 is 5.97 Å². The van der Waals surface area contributed by atoms with Gasteiger partial charge < -0.3 is 14.8 Å². The summed E-state index contributed by atoms with van der Waals surface area (Å²) in [5.41, 5.74) is 1.06. The lowest BCUT2D eigenvalue weighted by Gasteiger charge is -2.13. The SMILES string of the molecule is CCOC(=O)c1nn(-c2ccc(F)cc2)c(=O)cc1OCC(=O)Nc1ccc(CC)cc1. The minimum atomic E-state index is -0.825. The summed E-state index contributed by atoms with van der Waals surface area (Å²) in [6.45, 7) is 3.26. The van der Waals surface area contributed by atoms with Crippen LogP contribution in [-0.2, 0) is 16.0 Å². The molecule has 0 aliphatic heterocycles. The highest BCUT2D eigenvalue weighted by atomic mass is 19.1. The summed E-state index contributed by atoms with van der Waals surface area (Å²) in [4.78, 5) is 37.2. The number of nitrogens with zero attached hydrogens (tertiary/aromatic N) is 2. The van der Waals surface area contributed by atoms with Crippen LogP contribution in [0.3, 0.4) is 0 Å². The van der Waals surface area contributed by atoms with Gasteiger partial charge in [0.2, 0.25) is 5.69 Å². The van der Waals surface area contributed by atoms with Gasteiger partial charge in [-0.3, -0.25) is 9.59 Å². The third kappa shape index (κ3) is 5.57. The first-order valence-corrected chi connectivity index (χ1v) is 10.00. The average Bonchev–Trinajstić information content (AvgIpc) is 2.79. The zero-order valence-corrected chi connectivity index (χ0v) is 17.6. The maximum absolute atomic E-state index is 13.2. The summed E-state index contributed by atoms with van der Waals surface area (Å²) >= 11 is 0. The van der Waals surface area contributed by atoms with E-state index in [1.165, 1.54) is 12.1 Å². The lowest BCUT2D eigenvalue weighted by atomic mass is 10.1. The third-order valence-corrected chi connectivity index (χ3v) is 4.44. The summed E-state index contributed by atoms with van der Waals surface area (Å²) in [5.74, 6) is -1.98. The molecule has 1 amide bonds. The van der Waals surface area contributed by atoms with Crippen LogP contribution in [0.25, 0.3) is 5.69 Å². The second-order valence-electron chi connectivity index (χ2n) is 6.69. The second-order valence-corrected chi connectivity index (χ2v) is 6.69. The predicted octanol–water partition coefficient (Wildman–Crippen LogP) is 3.13. The molecular formula is C23H22FN3O5. The van der Waals surface area contributed by atoms with Crippen molar-refractivity contribution in [3.63, 3.8) is 0 Å². The number of nitrogens with one attached hydrogen (secondary N) is 1. The minimum Gasteiger partial charge on any atom is -0.481 e. The Kier molecular flexibility index (Phi) is 7.33. The fraction of sp³-hybridized carbons (Fsp3) is 0.217. The summed E-state index contributed by atoms with van der Waals surface area (Å²) in [6.07, 6.45) is 0.879. The van der Waals surface area contributed by atoms with Crippen LogP contribution in [0.5, 0.6) is 5.75 Å². The van der Waals surface area contributed by atoms with Gasteiger partial charge in [-0.1, -0.05) is 19.1 Å². The molecule has 3 aromatic rings. The number of carbonyl (C=O) groups excluding carboxylic acids is 2. The Labute approximate surface area is 183 Å². The van der Waals surface area contributed by atoms with Crippen molar-refractivity contribution in [2.24, 2.45) is 0 Å². The summed E-state index contributed by atoms with van der Waals surface area (Å²) in [7, 11) is 0. The average molecular weight is 439 g/mol. The van der Waals surface area contributed by atoms with Crippen LogP contribution in [0, 0.1) is 5.82 Å². The molecule has 0 saturated heterocycles. The number of hydrogen-bond donors (Lipinski definition) is 1. The first-order chi connectivity index (χ1) is 15.4. The van der Waals surface area contributed by atoms with E-state index in [9.17, 15) is 18.8 Å². The molecule has 1 N–H and O–H groups in total. The zero-order chi connectivity index (χ0) is 23.1. The Morgan fingerprint density at radius 1 is 1.06 bits per heavy atom. The van der Waals surface area contributed by atoms with E-state index in [-0.39, 0.29) is 23.7 Å². The van der Waals surface area contributed by atoms with Gasteiger partial charge in [-0.25, -0.2) is 9.18 Å². The lowest BCUT2D eigenvalue weighted by molar-refractivity contribution is -0.118. The monoisotopic (exact) mass is 439 g/mol. The van der Waals surface area contributed by atoms with Gasteiger partial charge in [-0.2, -0.15) is 9.78 Å². The molecule has 0 bridgehead atoms. The van der Waals surface area contributed by atoms with Gasteiger partial charge in [0.1, 0.15) is 5.82 Å². The van der Waals surface area contributed by atoms with E-state index in [0.29, 0.717) is 5.69 Å². The zero-order valence-electron chi connectivity index (χ0n) is 17.6. The van der Waals surface area contributed by atoms with Gasteiger partial charge in [-0.15, -0.1) is 0 Å². The molecule has 32 heavy (non-hydrogen) atoms. The van der Waals surface area contributed by atoms with Crippen LogP contribution in [0.15, 0.2) is 59.4 Å². The predicted molar refractivity (Wildman–Crippen MR) is 116 cm³/mol. The number of amides is 1. The van der Waals surface area contributed by atoms with Crippen molar-refractivity contribution in [2.45, 2.75) is 20.3 Å². The molecule has 0 atom stereocenters. The molecule has 1 aromatic heterocycles. The fourth-order valence-corrected chi connectivity index (χ4v) is 2.82. The van der Waals surface area contributed by atoms with E-state index in [1.807, 2.05) is 19.1 Å². The summed E-state index contributed by atoms with van der Waals surface area (Å²) < 4.78 is 24.5. The van der Waals surface area contributed by atoms with E-state index in [2.05, 4.69) is 10.4 Å². The molecule has 0 radical (unpaired) electrons. The van der Waals surface area contributed by atoms with Gasteiger partial charge in [0, 0.05) is 5.69 Å². The number of hydrogen-bond acceptors (Lipinski definition) is 6. The van der Waals surface area contributed by atoms with E-state index in [0.717, 1.165) is 34.9 Å². The fourth-order valence-electron chi connectivity index (χ4n) is 2.82. The highest BCUT2D eigenvalue weighted by Gasteiger charge is 2.20. The van der Waals surface area contributed by atoms with Gasteiger partial charge in [0.25, 0.3) is 11.5 Å². The molecule has 9 heteroatoms. The van der Waals surface area contributed by atoms with E-state index < -0.39 is 29.9 Å². The standard InChI is InChI=1S/C23H22FN3O5/c1-3-15-5-9-17(10-6-15)25-20(28)14-32-19-13-21(29)27(18-11-7-16(24)8-12-18)26-22(19)23(30)31-4-2/h5-13H,3-4,14H2,1-2H3,(H,25,28). The molecule has 0 unspecified atom stereocenters. The second kappa shape index (κ2) is 10.3. The number of esters is 1. The van der Waals surface area contributed by atoms with Crippen LogP contribution < -0.4 is 15.6 Å². The van der Waals surface area contributed by atoms with E-state index in [4.69, 9.17) is 9.47 Å². The van der Waals surface area contributed by atoms with Gasteiger partial charge in [-0.05, 0) is 55.3 Å². The van der Waals surface area contributed by atoms with Crippen molar-refractivity contribution >= 4 is 17.6 Å². The molecule has 0 spiro atoms. The molecule has 3 rings (SSSR count). The topological polar surface area (TPSA) is 99.5 Å². The number of ether oxygens (including phenoxy) is 2. The van der Waals surface area contributed by atoms with Gasteiger partial charge in [0.05, 0.1) is 18.4 Å². The minimum absolute atomic E-state index is 0.0733. The summed E-state index contributed by atoms with van der Waals surface area (Å²) in [6, 6.07) is 13.4. The number of benzene rings is 2. The number of anilines is 1. The molecule has 166 valence electrons. The van der Waals surface area contributed by atoms with Crippen molar-refractivity contribution in [1.29, 1.82) is 0 Å². The van der Waals surface area contributed by atoms with Crippen molar-refractivity contribution in [3.05, 3.63) is 82.0 Å². The van der Waals surface area contributed by atoms with Crippen molar-refractivity contribution in [2.75, 3.05) is 18.5 Å². The van der Waals surface area contributed by atoms with Crippen LogP contribution in [0.1, 0.15) is 29.9 Å². The Morgan fingerprint density at radius 2 is 1.75 bits per heavy atom. The van der Waals surface area contributed by atoms with Crippen molar-refractivity contribution in [1.82, 2.24) is 9.78 Å². The quantitative estimate of drug-likeness (QED) is 0.542. The van der Waals surface area contributed by atoms with Crippen LogP contribution in [0.2, 0.25) is 0 Å². The smallest absolute Gasteiger partial charge is 0.362 e. The van der Waals surface area contributed by atoms with Crippen LogP contribution in [0.4, 0.5) is 10.1 Å². The van der Waals surface area contributed by atoms with E-state index >= 15 is 0 Å².